The summed E-state index contributed by atoms with van der Waals surface area (Å²) in [4.78, 5) is 27.0. The Kier molecular flexibility index (Phi) is 8.40. The lowest BCUT2D eigenvalue weighted by Gasteiger charge is -2.20. The number of anilines is 2. The zero-order valence-electron chi connectivity index (χ0n) is 18.5. The van der Waals surface area contributed by atoms with Crippen LogP contribution in [0.25, 0.3) is 0 Å². The molecule has 0 heterocycles. The van der Waals surface area contributed by atoms with Crippen LogP contribution in [0.15, 0.2) is 78.9 Å². The second kappa shape index (κ2) is 11.7. The van der Waals surface area contributed by atoms with E-state index in [9.17, 15) is 9.59 Å². The molecule has 0 aliphatic heterocycles. The third kappa shape index (κ3) is 6.68. The zero-order valence-corrected chi connectivity index (χ0v) is 18.5. The van der Waals surface area contributed by atoms with Gasteiger partial charge in [-0.3, -0.25) is 14.5 Å². The van der Waals surface area contributed by atoms with Crippen molar-refractivity contribution in [1.82, 2.24) is 4.90 Å². The minimum absolute atomic E-state index is 0.105. The van der Waals surface area contributed by atoms with Gasteiger partial charge in [0.1, 0.15) is 5.75 Å². The number of amides is 2. The first kappa shape index (κ1) is 23.0. The number of para-hydroxylation sites is 3. The molecule has 32 heavy (non-hydrogen) atoms. The Morgan fingerprint density at radius 1 is 0.781 bits per heavy atom. The van der Waals surface area contributed by atoms with Gasteiger partial charge >= 0.3 is 0 Å². The molecule has 0 fully saturated rings. The summed E-state index contributed by atoms with van der Waals surface area (Å²) in [7, 11) is 1.56. The summed E-state index contributed by atoms with van der Waals surface area (Å²) in [5.41, 5.74) is 3.62. The number of hydrogen-bond acceptors (Lipinski definition) is 4. The first-order valence-electron chi connectivity index (χ1n) is 10.7. The van der Waals surface area contributed by atoms with Gasteiger partial charge in [-0.1, -0.05) is 67.6 Å². The van der Waals surface area contributed by atoms with Crippen molar-refractivity contribution in [2.24, 2.45) is 0 Å². The molecule has 0 bridgehead atoms. The van der Waals surface area contributed by atoms with Crippen molar-refractivity contribution in [3.63, 3.8) is 0 Å². The van der Waals surface area contributed by atoms with Crippen LogP contribution in [0.2, 0.25) is 0 Å². The number of methoxy groups -OCH3 is 1. The van der Waals surface area contributed by atoms with E-state index in [2.05, 4.69) is 22.8 Å². The maximum Gasteiger partial charge on any atom is 0.238 e. The fraction of sp³-hybridized carbons (Fsp3) is 0.231. The summed E-state index contributed by atoms with van der Waals surface area (Å²) >= 11 is 0. The molecule has 0 unspecified atom stereocenters. The molecular formula is C26H29N3O3. The van der Waals surface area contributed by atoms with E-state index in [1.54, 1.807) is 24.1 Å². The molecule has 0 aliphatic rings. The average molecular weight is 432 g/mol. The van der Waals surface area contributed by atoms with E-state index in [4.69, 9.17) is 4.74 Å². The largest absolute Gasteiger partial charge is 0.495 e. The lowest BCUT2D eigenvalue weighted by atomic mass is 10.0. The van der Waals surface area contributed by atoms with Crippen LogP contribution in [0, 0.1) is 0 Å². The SMILES string of the molecule is CCN(CC(=O)Nc1ccccc1Cc1ccccc1)CC(=O)Nc1ccccc1OC. The van der Waals surface area contributed by atoms with Crippen LogP contribution >= 0.6 is 0 Å². The number of benzene rings is 3. The van der Waals surface area contributed by atoms with Crippen LogP contribution in [0.5, 0.6) is 5.75 Å². The normalized spacial score (nSPS) is 10.6. The first-order chi connectivity index (χ1) is 15.6. The molecule has 0 spiro atoms. The van der Waals surface area contributed by atoms with E-state index in [0.29, 0.717) is 18.0 Å². The van der Waals surface area contributed by atoms with Crippen LogP contribution in [0.3, 0.4) is 0 Å². The molecule has 2 N–H and O–H groups in total. The standard InChI is InChI=1S/C26H29N3O3/c1-3-29(19-26(31)28-23-15-9-10-16-24(23)32-2)18-25(30)27-22-14-8-7-13-21(22)17-20-11-5-4-6-12-20/h4-16H,3,17-19H2,1-2H3,(H,27,30)(H,28,31). The van der Waals surface area contributed by atoms with Crippen molar-refractivity contribution in [1.29, 1.82) is 0 Å². The maximum atomic E-state index is 12.7. The Labute approximate surface area is 189 Å². The lowest BCUT2D eigenvalue weighted by Crippen LogP contribution is -2.38. The number of rotatable bonds is 10. The van der Waals surface area contributed by atoms with E-state index in [1.807, 2.05) is 61.5 Å². The summed E-state index contributed by atoms with van der Waals surface area (Å²) in [5, 5.41) is 5.85. The zero-order chi connectivity index (χ0) is 22.8. The smallest absolute Gasteiger partial charge is 0.238 e. The van der Waals surface area contributed by atoms with Crippen molar-refractivity contribution in [3.8, 4) is 5.75 Å². The topological polar surface area (TPSA) is 70.7 Å². The van der Waals surface area contributed by atoms with Gasteiger partial charge in [0.05, 0.1) is 25.9 Å². The molecule has 0 radical (unpaired) electrons. The van der Waals surface area contributed by atoms with E-state index in [0.717, 1.165) is 17.7 Å². The van der Waals surface area contributed by atoms with Crippen LogP contribution in [-0.2, 0) is 16.0 Å². The van der Waals surface area contributed by atoms with Crippen molar-refractivity contribution in [3.05, 3.63) is 90.0 Å². The van der Waals surface area contributed by atoms with Gasteiger partial charge in [0, 0.05) is 5.69 Å². The summed E-state index contributed by atoms with van der Waals surface area (Å²) < 4.78 is 5.27. The first-order valence-corrected chi connectivity index (χ1v) is 10.7. The number of carbonyl (C=O) groups is 2. The van der Waals surface area contributed by atoms with Crippen molar-refractivity contribution in [2.45, 2.75) is 13.3 Å². The summed E-state index contributed by atoms with van der Waals surface area (Å²) in [6.45, 7) is 2.72. The summed E-state index contributed by atoms with van der Waals surface area (Å²) in [6, 6.07) is 25.2. The second-order valence-electron chi connectivity index (χ2n) is 7.42. The van der Waals surface area contributed by atoms with Gasteiger partial charge in [-0.25, -0.2) is 0 Å². The Bertz CT molecular complexity index is 1040. The van der Waals surface area contributed by atoms with Crippen LogP contribution in [-0.4, -0.2) is 43.5 Å². The number of ether oxygens (including phenoxy) is 1. The second-order valence-corrected chi connectivity index (χ2v) is 7.42. The predicted molar refractivity (Wildman–Crippen MR) is 128 cm³/mol. The van der Waals surface area contributed by atoms with Crippen molar-refractivity contribution in [2.75, 3.05) is 37.4 Å². The number of likely N-dealkylation sites (N-methyl/N-ethyl adjacent to an activating group) is 1. The average Bonchev–Trinajstić information content (AvgIpc) is 2.81. The van der Waals surface area contributed by atoms with E-state index >= 15 is 0 Å². The molecule has 3 aromatic rings. The minimum atomic E-state index is -0.200. The van der Waals surface area contributed by atoms with Crippen LogP contribution < -0.4 is 15.4 Å². The molecule has 3 rings (SSSR count). The Morgan fingerprint density at radius 2 is 1.34 bits per heavy atom. The lowest BCUT2D eigenvalue weighted by molar-refractivity contribution is -0.119. The number of nitrogens with one attached hydrogen (secondary N) is 2. The van der Waals surface area contributed by atoms with Crippen LogP contribution in [0.4, 0.5) is 11.4 Å². The van der Waals surface area contributed by atoms with E-state index in [1.165, 1.54) is 5.56 Å². The highest BCUT2D eigenvalue weighted by molar-refractivity contribution is 5.95. The van der Waals surface area contributed by atoms with Crippen LogP contribution in [0.1, 0.15) is 18.1 Å². The van der Waals surface area contributed by atoms with Gasteiger partial charge in [0.25, 0.3) is 0 Å². The Hall–Kier alpha value is -3.64. The molecule has 3 aromatic carbocycles. The number of carbonyl (C=O) groups excluding carboxylic acids is 2. The van der Waals surface area contributed by atoms with E-state index in [-0.39, 0.29) is 24.9 Å². The predicted octanol–water partition coefficient (Wildman–Crippen LogP) is 4.19. The Balaban J connectivity index is 1.58. The third-order valence-corrected chi connectivity index (χ3v) is 5.09. The molecule has 0 saturated heterocycles. The van der Waals surface area contributed by atoms with E-state index < -0.39 is 0 Å². The molecular weight excluding hydrogens is 402 g/mol. The fourth-order valence-corrected chi connectivity index (χ4v) is 3.43. The highest BCUT2D eigenvalue weighted by Crippen LogP contribution is 2.23. The highest BCUT2D eigenvalue weighted by atomic mass is 16.5. The molecule has 2 amide bonds. The molecule has 6 heteroatoms. The molecule has 0 aliphatic carbocycles. The quantitative estimate of drug-likeness (QED) is 0.505. The maximum absolute atomic E-state index is 12.7. The van der Waals surface area contributed by atoms with Gasteiger partial charge < -0.3 is 15.4 Å². The third-order valence-electron chi connectivity index (χ3n) is 5.09. The van der Waals surface area contributed by atoms with Crippen molar-refractivity contribution < 1.29 is 14.3 Å². The minimum Gasteiger partial charge on any atom is -0.495 e. The van der Waals surface area contributed by atoms with Gasteiger partial charge in [-0.15, -0.1) is 0 Å². The van der Waals surface area contributed by atoms with Gasteiger partial charge in [-0.2, -0.15) is 0 Å². The monoisotopic (exact) mass is 431 g/mol. The molecule has 0 atom stereocenters. The summed E-state index contributed by atoms with van der Waals surface area (Å²) in [5.74, 6) is 0.239. The van der Waals surface area contributed by atoms with Gasteiger partial charge in [-0.05, 0) is 42.3 Å². The molecule has 0 aromatic heterocycles. The molecule has 0 saturated carbocycles. The molecule has 166 valence electrons. The van der Waals surface area contributed by atoms with Gasteiger partial charge in [0.15, 0.2) is 0 Å². The summed E-state index contributed by atoms with van der Waals surface area (Å²) in [6.07, 6.45) is 0.732. The fourth-order valence-electron chi connectivity index (χ4n) is 3.43. The highest BCUT2D eigenvalue weighted by Gasteiger charge is 2.15. The van der Waals surface area contributed by atoms with Gasteiger partial charge in [0.2, 0.25) is 11.8 Å². The van der Waals surface area contributed by atoms with Crippen molar-refractivity contribution >= 4 is 23.2 Å². The Morgan fingerprint density at radius 3 is 2.00 bits per heavy atom. The molecule has 6 nitrogen and oxygen atoms in total. The number of hydrogen-bond donors (Lipinski definition) is 2. The number of nitrogens with zero attached hydrogens (tertiary/aromatic N) is 1.